The lowest BCUT2D eigenvalue weighted by Crippen LogP contribution is -2.27. The summed E-state index contributed by atoms with van der Waals surface area (Å²) in [4.78, 5) is 77.5. The zero-order valence-corrected chi connectivity index (χ0v) is 45.1. The number of aliphatic hydroxyl groups is 1. The molecule has 0 atom stereocenters. The number of ether oxygens (including phenoxy) is 6. The molecule has 1 N–H and O–H groups in total. The summed E-state index contributed by atoms with van der Waals surface area (Å²) in [6.45, 7) is 11.4. The lowest BCUT2D eigenvalue weighted by atomic mass is 10.1. The van der Waals surface area contributed by atoms with Crippen molar-refractivity contribution < 1.29 is 62.3 Å². The third-order valence-corrected chi connectivity index (χ3v) is 12.4. The molecule has 70 heavy (non-hydrogen) atoms. The number of rotatable bonds is 52. The van der Waals surface area contributed by atoms with Crippen LogP contribution in [0.15, 0.2) is 0 Å². The number of hydrogen-bond donors (Lipinski definition) is 1. The van der Waals surface area contributed by atoms with Gasteiger partial charge in [0.25, 0.3) is 0 Å². The molecule has 0 radical (unpaired) electrons. The fourth-order valence-electron chi connectivity index (χ4n) is 7.82. The predicted molar refractivity (Wildman–Crippen MR) is 276 cm³/mol. The van der Waals surface area contributed by atoms with Crippen molar-refractivity contribution in [3.8, 4) is 0 Å². The number of unbranched alkanes of at least 4 members (excludes halogenated alkanes) is 21. The topological polar surface area (TPSA) is 181 Å². The van der Waals surface area contributed by atoms with Crippen LogP contribution < -0.4 is 0 Å². The number of carbonyl (C=O) groups is 6. The maximum atomic E-state index is 12.8. The molecule has 0 spiro atoms. The lowest BCUT2D eigenvalue weighted by molar-refractivity contribution is -0.156. The molecule has 0 heterocycles. The van der Waals surface area contributed by atoms with Crippen LogP contribution in [0.1, 0.15) is 246 Å². The Kier molecular flexibility index (Phi) is 48.3. The number of carbonyl (C=O) groups excluding carboxylic acids is 6. The highest BCUT2D eigenvalue weighted by Crippen LogP contribution is 2.14. The molecule has 0 aliphatic heterocycles. The third kappa shape index (κ3) is 45.9. The fraction of sp³-hybridized carbons (Fsp3) is 0.893. The highest BCUT2D eigenvalue weighted by atomic mass is 16.6. The predicted octanol–water partition coefficient (Wildman–Crippen LogP) is 12.1. The Morgan fingerprint density at radius 1 is 0.300 bits per heavy atom. The SMILES string of the molecule is CCCCCCCC(=O)OCC(COC(=O)CCCCCCC)COC(=O)CCCCCN(CCCCO)CCCCCC(=O)OCC(COC(=O)CCCCCCC)COC(=O)CCCCCCC. The second-order valence-corrected chi connectivity index (χ2v) is 19.4. The summed E-state index contributed by atoms with van der Waals surface area (Å²) in [6, 6.07) is 0. The van der Waals surface area contributed by atoms with E-state index in [1.807, 2.05) is 0 Å². The molecular formula is C56H103NO13. The minimum absolute atomic E-state index is 0.0102. The summed E-state index contributed by atoms with van der Waals surface area (Å²) in [6.07, 6.45) is 28.8. The van der Waals surface area contributed by atoms with Crippen LogP contribution >= 0.6 is 0 Å². The van der Waals surface area contributed by atoms with Gasteiger partial charge in [0.1, 0.15) is 39.6 Å². The molecule has 14 nitrogen and oxygen atoms in total. The van der Waals surface area contributed by atoms with Gasteiger partial charge in [-0.15, -0.1) is 0 Å². The van der Waals surface area contributed by atoms with E-state index in [0.29, 0.717) is 38.5 Å². The Morgan fingerprint density at radius 2 is 0.500 bits per heavy atom. The average molecular weight is 998 g/mol. The van der Waals surface area contributed by atoms with E-state index in [0.717, 1.165) is 187 Å². The molecule has 0 aliphatic carbocycles. The van der Waals surface area contributed by atoms with Crippen molar-refractivity contribution in [3.63, 3.8) is 0 Å². The van der Waals surface area contributed by atoms with Gasteiger partial charge < -0.3 is 38.4 Å². The highest BCUT2D eigenvalue weighted by Gasteiger charge is 2.20. The number of aliphatic hydroxyl groups excluding tert-OH is 1. The minimum atomic E-state index is -0.433. The van der Waals surface area contributed by atoms with Crippen molar-refractivity contribution in [1.82, 2.24) is 4.90 Å². The Balaban J connectivity index is 4.82. The Bertz CT molecular complexity index is 1130. The summed E-state index contributed by atoms with van der Waals surface area (Å²) in [7, 11) is 0. The van der Waals surface area contributed by atoms with Crippen molar-refractivity contribution in [2.45, 2.75) is 246 Å². The van der Waals surface area contributed by atoms with E-state index in [2.05, 4.69) is 32.6 Å². The van der Waals surface area contributed by atoms with E-state index in [1.165, 1.54) is 0 Å². The summed E-state index contributed by atoms with van der Waals surface area (Å²) in [5, 5.41) is 9.37. The van der Waals surface area contributed by atoms with E-state index >= 15 is 0 Å². The molecule has 0 unspecified atom stereocenters. The van der Waals surface area contributed by atoms with Crippen LogP contribution in [0.4, 0.5) is 0 Å². The van der Waals surface area contributed by atoms with E-state index in [9.17, 15) is 33.9 Å². The fourth-order valence-corrected chi connectivity index (χ4v) is 7.82. The molecular weight excluding hydrogens is 895 g/mol. The molecule has 0 bridgehead atoms. The van der Waals surface area contributed by atoms with Gasteiger partial charge in [-0.25, -0.2) is 0 Å². The molecule has 14 heteroatoms. The van der Waals surface area contributed by atoms with Crippen LogP contribution in [-0.4, -0.2) is 112 Å². The molecule has 0 amide bonds. The number of esters is 6. The van der Waals surface area contributed by atoms with Gasteiger partial charge in [0.05, 0.1) is 11.8 Å². The lowest BCUT2D eigenvalue weighted by Gasteiger charge is -2.22. The van der Waals surface area contributed by atoms with Crippen LogP contribution in [-0.2, 0) is 57.2 Å². The second-order valence-electron chi connectivity index (χ2n) is 19.4. The van der Waals surface area contributed by atoms with Crippen molar-refractivity contribution in [3.05, 3.63) is 0 Å². The molecule has 0 aliphatic rings. The largest absolute Gasteiger partial charge is 0.465 e. The molecule has 0 fully saturated rings. The van der Waals surface area contributed by atoms with Crippen LogP contribution in [0, 0.1) is 11.8 Å². The van der Waals surface area contributed by atoms with E-state index in [1.54, 1.807) is 0 Å². The quantitative estimate of drug-likeness (QED) is 0.0345. The molecule has 0 aromatic rings. The van der Waals surface area contributed by atoms with E-state index < -0.39 is 11.8 Å². The highest BCUT2D eigenvalue weighted by molar-refractivity contribution is 5.71. The Labute approximate surface area is 425 Å². The molecule has 0 saturated carbocycles. The van der Waals surface area contributed by atoms with Crippen LogP contribution in [0.2, 0.25) is 0 Å². The first-order valence-electron chi connectivity index (χ1n) is 28.3. The molecule has 0 saturated heterocycles. The van der Waals surface area contributed by atoms with Gasteiger partial charge in [-0.1, -0.05) is 143 Å². The maximum Gasteiger partial charge on any atom is 0.305 e. The zero-order chi connectivity index (χ0) is 51.6. The van der Waals surface area contributed by atoms with Crippen LogP contribution in [0.3, 0.4) is 0 Å². The van der Waals surface area contributed by atoms with Gasteiger partial charge in [-0.2, -0.15) is 0 Å². The molecule has 410 valence electrons. The van der Waals surface area contributed by atoms with Gasteiger partial charge in [0.15, 0.2) is 0 Å². The van der Waals surface area contributed by atoms with Gasteiger partial charge in [-0.05, 0) is 83.8 Å². The monoisotopic (exact) mass is 998 g/mol. The number of nitrogens with zero attached hydrogens (tertiary/aromatic N) is 1. The summed E-state index contributed by atoms with van der Waals surface area (Å²) in [5.41, 5.74) is 0. The Morgan fingerprint density at radius 3 is 0.714 bits per heavy atom. The first kappa shape index (κ1) is 66.7. The standard InChI is InChI=1S/C56H103NO13/c1-5-9-13-17-23-33-51(59)65-43-49(44-66-52(60)34-24-18-14-10-6-2)47-69-55(63)37-27-21-29-39-57(41-31-32-42-58)40-30-22-28-38-56(64)70-48-50(45-67-53(61)35-25-19-15-11-7-3)46-68-54(62)36-26-20-16-12-8-4/h49-50,58H,5-48H2,1-4H3. The van der Waals surface area contributed by atoms with Crippen LogP contribution in [0.5, 0.6) is 0 Å². The first-order chi connectivity index (χ1) is 34.1. The second kappa shape index (κ2) is 50.7. The van der Waals surface area contributed by atoms with Gasteiger partial charge in [0, 0.05) is 45.1 Å². The van der Waals surface area contributed by atoms with Crippen molar-refractivity contribution in [2.24, 2.45) is 11.8 Å². The minimum Gasteiger partial charge on any atom is -0.465 e. The first-order valence-corrected chi connectivity index (χ1v) is 28.3. The van der Waals surface area contributed by atoms with E-state index in [4.69, 9.17) is 28.4 Å². The third-order valence-electron chi connectivity index (χ3n) is 12.4. The van der Waals surface area contributed by atoms with E-state index in [-0.39, 0.29) is 94.9 Å². The summed E-state index contributed by atoms with van der Waals surface area (Å²) >= 11 is 0. The Hall–Kier alpha value is -3.26. The number of hydrogen-bond acceptors (Lipinski definition) is 14. The van der Waals surface area contributed by atoms with Crippen molar-refractivity contribution >= 4 is 35.8 Å². The molecule has 0 aromatic heterocycles. The van der Waals surface area contributed by atoms with Gasteiger partial charge in [-0.3, -0.25) is 28.8 Å². The summed E-state index contributed by atoms with van der Waals surface area (Å²) < 4.78 is 33.2. The maximum absolute atomic E-state index is 12.8. The summed E-state index contributed by atoms with van der Waals surface area (Å²) in [5.74, 6) is -2.69. The average Bonchev–Trinajstić information content (AvgIpc) is 3.35. The van der Waals surface area contributed by atoms with Crippen molar-refractivity contribution in [2.75, 3.05) is 65.9 Å². The van der Waals surface area contributed by atoms with Gasteiger partial charge >= 0.3 is 35.8 Å². The zero-order valence-electron chi connectivity index (χ0n) is 45.1. The smallest absolute Gasteiger partial charge is 0.305 e. The normalized spacial score (nSPS) is 11.3. The van der Waals surface area contributed by atoms with Gasteiger partial charge in [0.2, 0.25) is 0 Å². The molecule has 0 aromatic carbocycles. The van der Waals surface area contributed by atoms with Crippen LogP contribution in [0.25, 0.3) is 0 Å². The molecule has 0 rings (SSSR count). The van der Waals surface area contributed by atoms with Crippen molar-refractivity contribution in [1.29, 1.82) is 0 Å².